The van der Waals surface area contributed by atoms with E-state index in [1.807, 2.05) is 30.3 Å². The number of rotatable bonds is 6. The average Bonchev–Trinajstić information content (AvgIpc) is 2.90. The molecule has 0 atom stereocenters. The second-order valence-electron chi connectivity index (χ2n) is 4.74. The molecule has 1 amide bonds. The average molecular weight is 322 g/mol. The van der Waals surface area contributed by atoms with Gasteiger partial charge in [-0.1, -0.05) is 41.9 Å². The lowest BCUT2D eigenvalue weighted by atomic mass is 10.1. The van der Waals surface area contributed by atoms with Gasteiger partial charge in [-0.2, -0.15) is 0 Å². The highest BCUT2D eigenvalue weighted by Gasteiger charge is 2.13. The first-order chi connectivity index (χ1) is 10.1. The summed E-state index contributed by atoms with van der Waals surface area (Å²) in [5.41, 5.74) is 0.651. The van der Waals surface area contributed by atoms with Crippen molar-refractivity contribution in [3.05, 3.63) is 57.2 Å². The van der Waals surface area contributed by atoms with Crippen LogP contribution in [0.2, 0.25) is 4.34 Å². The molecule has 0 aliphatic rings. The van der Waals surface area contributed by atoms with Gasteiger partial charge >= 0.3 is 0 Å². The smallest absolute Gasteiger partial charge is 0.223 e. The molecule has 0 radical (unpaired) electrons. The molecule has 3 nitrogen and oxygen atoms in total. The molecule has 0 unspecified atom stereocenters. The predicted molar refractivity (Wildman–Crippen MR) is 85.8 cm³/mol. The van der Waals surface area contributed by atoms with Crippen molar-refractivity contribution in [2.45, 2.75) is 19.4 Å². The second-order valence-corrected chi connectivity index (χ2v) is 6.54. The topological polar surface area (TPSA) is 37.4 Å². The Kier molecular flexibility index (Phi) is 5.53. The molecule has 5 heteroatoms. The fraction of sp³-hybridized carbons (Fsp3) is 0.250. The number of amides is 1. The first-order valence-electron chi connectivity index (χ1n) is 6.62. The van der Waals surface area contributed by atoms with Crippen molar-refractivity contribution in [1.29, 1.82) is 0 Å². The van der Waals surface area contributed by atoms with Gasteiger partial charge in [-0.15, -0.1) is 11.3 Å². The van der Waals surface area contributed by atoms with E-state index in [1.165, 1.54) is 11.3 Å². The fourth-order valence-electron chi connectivity index (χ4n) is 1.94. The molecule has 0 spiro atoms. The minimum Gasteiger partial charge on any atom is -0.341 e. The number of nitrogens with zero attached hydrogens (tertiary/aromatic N) is 1. The van der Waals surface area contributed by atoms with Crippen LogP contribution in [-0.2, 0) is 11.3 Å². The summed E-state index contributed by atoms with van der Waals surface area (Å²) in [6.45, 7) is 0.524. The van der Waals surface area contributed by atoms with Gasteiger partial charge in [-0.05, 0) is 12.1 Å². The van der Waals surface area contributed by atoms with E-state index in [-0.39, 0.29) is 24.5 Å². The van der Waals surface area contributed by atoms with Crippen LogP contribution in [-0.4, -0.2) is 23.6 Å². The molecule has 0 aliphatic heterocycles. The quantitative estimate of drug-likeness (QED) is 0.753. The van der Waals surface area contributed by atoms with Gasteiger partial charge in [0.05, 0.1) is 10.9 Å². The maximum absolute atomic E-state index is 12.0. The summed E-state index contributed by atoms with van der Waals surface area (Å²) in [5.74, 6) is -0.0414. The molecule has 0 fully saturated rings. The van der Waals surface area contributed by atoms with E-state index in [4.69, 9.17) is 11.6 Å². The van der Waals surface area contributed by atoms with Gasteiger partial charge in [0.1, 0.15) is 0 Å². The molecule has 1 aromatic carbocycles. The molecule has 1 heterocycles. The summed E-state index contributed by atoms with van der Waals surface area (Å²) in [4.78, 5) is 26.6. The highest BCUT2D eigenvalue weighted by Crippen LogP contribution is 2.22. The molecule has 0 N–H and O–H groups in total. The first kappa shape index (κ1) is 15.7. The van der Waals surface area contributed by atoms with Crippen molar-refractivity contribution in [3.63, 3.8) is 0 Å². The van der Waals surface area contributed by atoms with Crippen molar-refractivity contribution >= 4 is 34.6 Å². The molecule has 1 aromatic heterocycles. The van der Waals surface area contributed by atoms with E-state index >= 15 is 0 Å². The molecule has 2 aromatic rings. The first-order valence-corrected chi connectivity index (χ1v) is 7.82. The summed E-state index contributed by atoms with van der Waals surface area (Å²) in [7, 11) is 1.74. The Labute approximate surface area is 133 Å². The Morgan fingerprint density at radius 2 is 1.81 bits per heavy atom. The SMILES string of the molecule is CN(Cc1ccc(Cl)s1)C(=O)CCC(=O)c1ccccc1. The van der Waals surface area contributed by atoms with E-state index in [9.17, 15) is 9.59 Å². The third kappa shape index (κ3) is 4.69. The van der Waals surface area contributed by atoms with Crippen molar-refractivity contribution in [1.82, 2.24) is 4.90 Å². The van der Waals surface area contributed by atoms with Crippen LogP contribution < -0.4 is 0 Å². The summed E-state index contributed by atoms with van der Waals surface area (Å²) in [5, 5.41) is 0. The van der Waals surface area contributed by atoms with Crippen LogP contribution >= 0.6 is 22.9 Å². The molecule has 110 valence electrons. The monoisotopic (exact) mass is 321 g/mol. The zero-order valence-electron chi connectivity index (χ0n) is 11.7. The third-order valence-corrected chi connectivity index (χ3v) is 4.33. The van der Waals surface area contributed by atoms with Gasteiger partial charge in [0.15, 0.2) is 5.78 Å². The number of carbonyl (C=O) groups excluding carboxylic acids is 2. The molecule has 0 bridgehead atoms. The van der Waals surface area contributed by atoms with E-state index in [1.54, 1.807) is 24.1 Å². The van der Waals surface area contributed by atoms with Crippen molar-refractivity contribution in [2.24, 2.45) is 0 Å². The summed E-state index contributed by atoms with van der Waals surface area (Å²) in [6.07, 6.45) is 0.460. The van der Waals surface area contributed by atoms with Crippen molar-refractivity contribution < 1.29 is 9.59 Å². The summed E-state index contributed by atoms with van der Waals surface area (Å²) < 4.78 is 0.713. The standard InChI is InChI=1S/C16H16ClNO2S/c1-18(11-13-7-9-15(17)21-13)16(20)10-8-14(19)12-5-3-2-4-6-12/h2-7,9H,8,10-11H2,1H3. The Bertz CT molecular complexity index is 624. The fourth-order valence-corrected chi connectivity index (χ4v) is 3.08. The molecule has 21 heavy (non-hydrogen) atoms. The van der Waals surface area contributed by atoms with Crippen LogP contribution in [0.5, 0.6) is 0 Å². The molecule has 0 saturated heterocycles. The third-order valence-electron chi connectivity index (χ3n) is 3.11. The Balaban J connectivity index is 1.82. The van der Waals surface area contributed by atoms with Crippen LogP contribution in [0.3, 0.4) is 0 Å². The van der Waals surface area contributed by atoms with E-state index in [0.717, 1.165) is 4.88 Å². The number of thiophene rings is 1. The zero-order chi connectivity index (χ0) is 15.2. The molecule has 0 saturated carbocycles. The number of carbonyl (C=O) groups is 2. The van der Waals surface area contributed by atoms with Crippen LogP contribution in [0, 0.1) is 0 Å². The number of hydrogen-bond donors (Lipinski definition) is 0. The number of Topliss-reactive ketones (excluding diaryl/α,β-unsaturated/α-hetero) is 1. The number of benzene rings is 1. The second kappa shape index (κ2) is 7.38. The van der Waals surface area contributed by atoms with E-state index < -0.39 is 0 Å². The van der Waals surface area contributed by atoms with Gasteiger partial charge in [0.2, 0.25) is 5.91 Å². The molecular formula is C16H16ClNO2S. The largest absolute Gasteiger partial charge is 0.341 e. The van der Waals surface area contributed by atoms with Gasteiger partial charge < -0.3 is 4.90 Å². The van der Waals surface area contributed by atoms with Crippen LogP contribution in [0.15, 0.2) is 42.5 Å². The Hall–Kier alpha value is -1.65. The van der Waals surface area contributed by atoms with E-state index in [2.05, 4.69) is 0 Å². The minimum atomic E-state index is -0.0381. The van der Waals surface area contributed by atoms with Crippen molar-refractivity contribution in [3.8, 4) is 0 Å². The lowest BCUT2D eigenvalue weighted by Crippen LogP contribution is -2.26. The van der Waals surface area contributed by atoms with Crippen LogP contribution in [0.1, 0.15) is 28.1 Å². The highest BCUT2D eigenvalue weighted by molar-refractivity contribution is 7.16. The van der Waals surface area contributed by atoms with Gasteiger partial charge in [-0.3, -0.25) is 9.59 Å². The Morgan fingerprint density at radius 3 is 2.43 bits per heavy atom. The van der Waals surface area contributed by atoms with Gasteiger partial charge in [0.25, 0.3) is 0 Å². The molecule has 0 aliphatic carbocycles. The number of ketones is 1. The molecular weight excluding hydrogens is 306 g/mol. The normalized spacial score (nSPS) is 10.4. The maximum Gasteiger partial charge on any atom is 0.223 e. The minimum absolute atomic E-state index is 0.00322. The lowest BCUT2D eigenvalue weighted by molar-refractivity contribution is -0.130. The number of hydrogen-bond acceptors (Lipinski definition) is 3. The van der Waals surface area contributed by atoms with Gasteiger partial charge in [-0.25, -0.2) is 0 Å². The van der Waals surface area contributed by atoms with Crippen molar-refractivity contribution in [2.75, 3.05) is 7.05 Å². The summed E-state index contributed by atoms with van der Waals surface area (Å²) >= 11 is 7.32. The van der Waals surface area contributed by atoms with Crippen LogP contribution in [0.4, 0.5) is 0 Å². The van der Waals surface area contributed by atoms with Gasteiger partial charge in [0, 0.05) is 30.3 Å². The Morgan fingerprint density at radius 1 is 1.10 bits per heavy atom. The summed E-state index contributed by atoms with van der Waals surface area (Å²) in [6, 6.07) is 12.8. The zero-order valence-corrected chi connectivity index (χ0v) is 13.3. The highest BCUT2D eigenvalue weighted by atomic mass is 35.5. The molecule has 2 rings (SSSR count). The van der Waals surface area contributed by atoms with E-state index in [0.29, 0.717) is 16.4 Å². The number of halogens is 1. The lowest BCUT2D eigenvalue weighted by Gasteiger charge is -2.15. The maximum atomic E-state index is 12.0. The predicted octanol–water partition coefficient (Wildman–Crippen LogP) is 4.02. The van der Waals surface area contributed by atoms with Crippen LogP contribution in [0.25, 0.3) is 0 Å².